The van der Waals surface area contributed by atoms with Crippen molar-refractivity contribution >= 4 is 84.8 Å². The van der Waals surface area contributed by atoms with Crippen molar-refractivity contribution in [3.05, 3.63) is 244 Å². The number of fused-ring (bicyclic) bond motifs is 6. The number of carbonyl (C=O) groups is 1. The van der Waals surface area contributed by atoms with Gasteiger partial charge in [-0.15, -0.1) is 0 Å². The van der Waals surface area contributed by atoms with Gasteiger partial charge in [0.2, 0.25) is 0 Å². The van der Waals surface area contributed by atoms with Crippen LogP contribution in [0.5, 0.6) is 34.5 Å². The van der Waals surface area contributed by atoms with Crippen molar-refractivity contribution in [2.45, 2.75) is 46.2 Å². The highest BCUT2D eigenvalue weighted by molar-refractivity contribution is 9.10. The molecule has 0 fully saturated rings. The lowest BCUT2D eigenvalue weighted by atomic mass is 10.1. The Morgan fingerprint density at radius 3 is 1.17 bits per heavy atom. The molecule has 6 aliphatic heterocycles. The van der Waals surface area contributed by atoms with Gasteiger partial charge in [-0.25, -0.2) is 34.7 Å². The Kier molecular flexibility index (Phi) is 24.5. The summed E-state index contributed by atoms with van der Waals surface area (Å²) in [6.07, 6.45) is 20.5. The Morgan fingerprint density at radius 2 is 0.787 bits per heavy atom. The number of imidazole rings is 6. The molecule has 9 N–H and O–H groups in total. The number of aryl methyl sites for hydroxylation is 1. The minimum absolute atomic E-state index is 0.0684. The Labute approximate surface area is 635 Å². The van der Waals surface area contributed by atoms with E-state index in [4.69, 9.17) is 45.8 Å². The number of carbonyl (C=O) groups excluding carboxylic acids is 1. The van der Waals surface area contributed by atoms with Crippen molar-refractivity contribution < 1.29 is 42.9 Å². The van der Waals surface area contributed by atoms with E-state index in [1.54, 1.807) is 68.6 Å². The van der Waals surface area contributed by atoms with Crippen LogP contribution in [0.15, 0.2) is 189 Å². The molecule has 0 unspecified atom stereocenters. The summed E-state index contributed by atoms with van der Waals surface area (Å²) in [6.45, 7) is 15.7. The maximum atomic E-state index is 11.3. The number of nitro groups is 1. The fraction of sp³-hybridized carbons (Fsp3) is 0.267. The molecule has 0 saturated heterocycles. The first-order valence-corrected chi connectivity index (χ1v) is 35.9. The molecule has 0 radical (unpaired) electrons. The lowest BCUT2D eigenvalue weighted by Gasteiger charge is -2.31. The van der Waals surface area contributed by atoms with Gasteiger partial charge in [0.25, 0.3) is 5.69 Å². The highest BCUT2D eigenvalue weighted by atomic mass is 79.9. The van der Waals surface area contributed by atoms with Gasteiger partial charge in [-0.05, 0) is 103 Å². The first-order chi connectivity index (χ1) is 52.8. The first kappa shape index (κ1) is 73.7. The molecule has 0 atom stereocenters. The fourth-order valence-electron chi connectivity index (χ4n) is 12.5. The molecule has 560 valence electrons. The van der Waals surface area contributed by atoms with Gasteiger partial charge in [0, 0.05) is 70.2 Å². The number of hydrogen-bond acceptors (Lipinski definition) is 23. The summed E-state index contributed by atoms with van der Waals surface area (Å²) in [5.41, 5.74) is 21.0. The SMILES string of the molecule is Brc1ccc2c(c1)N(Cc1cnc[nH]1)CCO2.COC(=O)Nc1ccc2c(c1)N(Cc1cnc[nH]1)CCO2.Cc1ccc2c(c1)N(Cc1cnc[nH]1)CCO2.Clc1ccc2c(c1)N(Cc1cnc[nH]1)CCO2.Nc1ccc2c(c1)N(Cc1cnc[nH]1)CCO2.O=[N+]([O-])c1ccc2c(c1)N(Cc1cnc[nH]1)CCO2. The van der Waals surface area contributed by atoms with Crippen LogP contribution in [0.3, 0.4) is 0 Å². The van der Waals surface area contributed by atoms with E-state index in [0.29, 0.717) is 57.5 Å². The number of methoxy groups -OCH3 is 1. The zero-order chi connectivity index (χ0) is 74.6. The molecule has 6 aromatic heterocycles. The number of nitrogens with one attached hydrogen (secondary N) is 7. The third kappa shape index (κ3) is 19.7. The number of anilines is 8. The number of halogens is 2. The summed E-state index contributed by atoms with van der Waals surface area (Å²) in [5.74, 6) is 5.18. The van der Waals surface area contributed by atoms with E-state index in [9.17, 15) is 14.9 Å². The number of aromatic amines is 6. The number of aromatic nitrogens is 12. The molecule has 33 heteroatoms. The Morgan fingerprint density at radius 1 is 0.463 bits per heavy atom. The first-order valence-electron chi connectivity index (χ1n) is 34.8. The number of ether oxygens (including phenoxy) is 7. The van der Waals surface area contributed by atoms with Gasteiger partial charge >= 0.3 is 6.09 Å². The van der Waals surface area contributed by atoms with E-state index < -0.39 is 11.0 Å². The van der Waals surface area contributed by atoms with Crippen molar-refractivity contribution in [3.8, 4) is 34.5 Å². The minimum atomic E-state index is -0.494. The molecule has 6 aromatic carbocycles. The summed E-state index contributed by atoms with van der Waals surface area (Å²) >= 11 is 9.51. The van der Waals surface area contributed by atoms with Gasteiger partial charge in [-0.3, -0.25) is 15.4 Å². The minimum Gasteiger partial charge on any atom is -0.490 e. The monoisotopic (exact) mass is 1550 g/mol. The van der Waals surface area contributed by atoms with E-state index in [1.807, 2.05) is 96.4 Å². The highest BCUT2D eigenvalue weighted by Crippen LogP contribution is 2.40. The Balaban J connectivity index is 0.000000114. The van der Waals surface area contributed by atoms with Crippen LogP contribution < -0.4 is 68.9 Å². The molecule has 0 saturated carbocycles. The summed E-state index contributed by atoms with van der Waals surface area (Å²) in [7, 11) is 1.33. The van der Waals surface area contributed by atoms with Crippen LogP contribution in [-0.4, -0.2) is 157 Å². The number of H-pyrrole nitrogens is 6. The largest absolute Gasteiger partial charge is 0.490 e. The van der Waals surface area contributed by atoms with E-state index in [0.717, 1.165) is 179 Å². The summed E-state index contributed by atoms with van der Waals surface area (Å²) in [4.78, 5) is 77.7. The zero-order valence-electron chi connectivity index (χ0n) is 59.3. The van der Waals surface area contributed by atoms with Crippen LogP contribution in [0.4, 0.5) is 56.0 Å². The second-order valence-corrected chi connectivity index (χ2v) is 26.6. The number of nitrogen functional groups attached to an aromatic ring is 1. The lowest BCUT2D eigenvalue weighted by molar-refractivity contribution is -0.384. The predicted molar refractivity (Wildman–Crippen MR) is 414 cm³/mol. The second-order valence-electron chi connectivity index (χ2n) is 25.2. The highest BCUT2D eigenvalue weighted by Gasteiger charge is 2.26. The van der Waals surface area contributed by atoms with Gasteiger partial charge in [0.1, 0.15) is 74.1 Å². The van der Waals surface area contributed by atoms with Crippen molar-refractivity contribution in [1.29, 1.82) is 0 Å². The van der Waals surface area contributed by atoms with E-state index in [1.165, 1.54) is 24.4 Å². The van der Waals surface area contributed by atoms with E-state index >= 15 is 0 Å². The van der Waals surface area contributed by atoms with E-state index in [2.05, 4.69) is 135 Å². The standard InChI is InChI=1S/C14H16N4O3.C13H15N3O.C12H12BrN3O.C12H12ClN3O.C12H12N4O3.C12H14N4O/c1-20-14(19)17-10-2-3-13-12(6-10)18(4-5-21-13)8-11-7-15-9-16-11;1-10-2-3-13-12(6-10)16(4-5-17-13)8-11-7-14-9-15-11;2*13-9-1-2-12-11(5-9)16(3-4-17-12)7-10-6-14-8-15-10;17-16(18)10-1-2-12-11(5-10)15(3-4-19-12)7-9-6-13-8-14-9;13-9-1-2-12-11(5-9)16(3-4-17-12)7-10-6-14-8-15-10/h2-3,6-7,9H,4-5,8H2,1H3,(H,15,16)(H,17,19);2-3,6-7,9H,4-5,8H2,1H3,(H,14,15);2*1-2,5-6,8H,3-4,7H2,(H,14,15);1-2,5-6,8H,3-4,7H2,(H,13,14);1-2,5-6,8H,3-4,7,13H2,(H,14,15). The molecule has 31 nitrogen and oxygen atoms in total. The topological polar surface area (TPSA) is 354 Å². The van der Waals surface area contributed by atoms with Crippen molar-refractivity contribution in [3.63, 3.8) is 0 Å². The van der Waals surface area contributed by atoms with Crippen molar-refractivity contribution in [2.75, 3.05) is 126 Å². The van der Waals surface area contributed by atoms with Gasteiger partial charge in [-0.2, -0.15) is 0 Å². The molecule has 0 spiro atoms. The molecule has 108 heavy (non-hydrogen) atoms. The van der Waals surface area contributed by atoms with Crippen LogP contribution >= 0.6 is 27.5 Å². The maximum absolute atomic E-state index is 11.3. The van der Waals surface area contributed by atoms with Gasteiger partial charge in [0.05, 0.1) is 197 Å². The number of amides is 1. The van der Waals surface area contributed by atoms with Crippen LogP contribution in [0, 0.1) is 17.0 Å². The summed E-state index contributed by atoms with van der Waals surface area (Å²) < 4.78 is 39.3. The molecule has 0 bridgehead atoms. The summed E-state index contributed by atoms with van der Waals surface area (Å²) in [5, 5.41) is 14.2. The average molecular weight is 1550 g/mol. The number of hydrogen-bond donors (Lipinski definition) is 8. The van der Waals surface area contributed by atoms with Crippen LogP contribution in [0.25, 0.3) is 0 Å². The maximum Gasteiger partial charge on any atom is 0.411 e. The van der Waals surface area contributed by atoms with Crippen LogP contribution in [-0.2, 0) is 44.0 Å². The molecule has 18 rings (SSSR count). The summed E-state index contributed by atoms with van der Waals surface area (Å²) in [6, 6.07) is 34.0. The predicted octanol–water partition coefficient (Wildman–Crippen LogP) is 12.2. The fourth-order valence-corrected chi connectivity index (χ4v) is 13.0. The van der Waals surface area contributed by atoms with Crippen molar-refractivity contribution in [1.82, 2.24) is 59.8 Å². The number of nitrogens with zero attached hydrogens (tertiary/aromatic N) is 13. The van der Waals surface area contributed by atoms with Gasteiger partial charge < -0.3 is 98.2 Å². The number of rotatable bonds is 14. The third-order valence-electron chi connectivity index (χ3n) is 17.7. The molecule has 12 aromatic rings. The molecule has 0 aliphatic carbocycles. The number of non-ortho nitro benzene ring substituents is 1. The molecular formula is C75H81BrClN21O10. The quantitative estimate of drug-likeness (QED) is 0.0285. The molecule has 6 aliphatic rings. The van der Waals surface area contributed by atoms with Crippen molar-refractivity contribution in [2.24, 2.45) is 0 Å². The van der Waals surface area contributed by atoms with Crippen LogP contribution in [0.1, 0.15) is 39.7 Å². The number of nitrogens with two attached hydrogens (primary N) is 1. The smallest absolute Gasteiger partial charge is 0.411 e. The molecule has 1 amide bonds. The second kappa shape index (κ2) is 35.9. The Bertz CT molecular complexity index is 4450. The third-order valence-corrected chi connectivity index (χ3v) is 18.5. The Hall–Kier alpha value is -12.6. The normalized spacial score (nSPS) is 14.0. The molecule has 12 heterocycles. The van der Waals surface area contributed by atoms with E-state index in [-0.39, 0.29) is 5.69 Å². The van der Waals surface area contributed by atoms with Gasteiger partial charge in [0.15, 0.2) is 0 Å². The number of nitro benzene ring substituents is 1. The zero-order valence-corrected chi connectivity index (χ0v) is 61.6. The van der Waals surface area contributed by atoms with Crippen LogP contribution in [0.2, 0.25) is 5.02 Å². The average Bonchev–Trinajstić information content (AvgIpc) is 1.14. The number of benzene rings is 6. The molecular weight excluding hydrogens is 1470 g/mol. The lowest BCUT2D eigenvalue weighted by Crippen LogP contribution is -2.32. The van der Waals surface area contributed by atoms with Gasteiger partial charge in [-0.1, -0.05) is 33.6 Å².